The Bertz CT molecular complexity index is 486. The molecule has 2 aliphatic heterocycles. The number of carbonyl (C=O) groups excluding carboxylic acids is 2. The van der Waals surface area contributed by atoms with Crippen molar-refractivity contribution in [2.24, 2.45) is 0 Å². The molecule has 0 radical (unpaired) electrons. The lowest BCUT2D eigenvalue weighted by Crippen LogP contribution is -2.49. The number of benzene rings is 1. The van der Waals surface area contributed by atoms with Crippen molar-refractivity contribution in [1.82, 2.24) is 4.90 Å². The molecule has 2 aliphatic rings. The van der Waals surface area contributed by atoms with Crippen LogP contribution in [0.25, 0.3) is 0 Å². The van der Waals surface area contributed by atoms with E-state index in [1.807, 2.05) is 30.3 Å². The van der Waals surface area contributed by atoms with E-state index in [4.69, 9.17) is 0 Å². The number of carbonyl (C=O) groups is 2. The SMILES string of the molecule is O=C1C2CCCCN2C(=O)CCN1c1ccccc1. The normalized spacial score (nSPS) is 24.1. The van der Waals surface area contributed by atoms with Crippen LogP contribution in [-0.4, -0.2) is 35.8 Å². The second-order valence-electron chi connectivity index (χ2n) is 5.17. The first kappa shape index (κ1) is 12.2. The summed E-state index contributed by atoms with van der Waals surface area (Å²) in [6.07, 6.45) is 3.27. The van der Waals surface area contributed by atoms with Crippen LogP contribution >= 0.6 is 0 Å². The molecule has 2 fully saturated rings. The lowest BCUT2D eigenvalue weighted by Gasteiger charge is -2.34. The van der Waals surface area contributed by atoms with Crippen LogP contribution in [0.5, 0.6) is 0 Å². The molecule has 0 aliphatic carbocycles. The summed E-state index contributed by atoms with van der Waals surface area (Å²) in [5, 5.41) is 0. The van der Waals surface area contributed by atoms with Crippen LogP contribution in [0, 0.1) is 0 Å². The molecule has 0 saturated carbocycles. The maximum Gasteiger partial charge on any atom is 0.249 e. The average Bonchev–Trinajstić information content (AvgIpc) is 2.59. The Morgan fingerprint density at radius 1 is 1.00 bits per heavy atom. The number of piperidine rings is 1. The van der Waals surface area contributed by atoms with Crippen LogP contribution in [0.15, 0.2) is 30.3 Å². The van der Waals surface area contributed by atoms with E-state index in [-0.39, 0.29) is 17.9 Å². The van der Waals surface area contributed by atoms with Crippen molar-refractivity contribution in [2.45, 2.75) is 31.7 Å². The highest BCUT2D eigenvalue weighted by Crippen LogP contribution is 2.26. The number of rotatable bonds is 1. The van der Waals surface area contributed by atoms with Gasteiger partial charge in [0.15, 0.2) is 0 Å². The molecule has 3 rings (SSSR count). The predicted octanol–water partition coefficient (Wildman–Crippen LogP) is 1.80. The van der Waals surface area contributed by atoms with Gasteiger partial charge in [0.1, 0.15) is 6.04 Å². The summed E-state index contributed by atoms with van der Waals surface area (Å²) in [6, 6.07) is 9.40. The van der Waals surface area contributed by atoms with Crippen LogP contribution in [0.2, 0.25) is 0 Å². The molecule has 100 valence electrons. The van der Waals surface area contributed by atoms with Gasteiger partial charge in [-0.05, 0) is 31.4 Å². The van der Waals surface area contributed by atoms with Gasteiger partial charge in [0.25, 0.3) is 0 Å². The molecule has 2 heterocycles. The van der Waals surface area contributed by atoms with E-state index in [1.165, 1.54) is 0 Å². The van der Waals surface area contributed by atoms with E-state index < -0.39 is 0 Å². The molecule has 0 bridgehead atoms. The first-order chi connectivity index (χ1) is 9.27. The Hall–Kier alpha value is -1.84. The van der Waals surface area contributed by atoms with Crippen LogP contribution < -0.4 is 4.90 Å². The molecule has 1 aromatic rings. The van der Waals surface area contributed by atoms with E-state index in [9.17, 15) is 9.59 Å². The van der Waals surface area contributed by atoms with Gasteiger partial charge in [-0.1, -0.05) is 18.2 Å². The summed E-state index contributed by atoms with van der Waals surface area (Å²) in [7, 11) is 0. The molecule has 19 heavy (non-hydrogen) atoms. The molecule has 4 nitrogen and oxygen atoms in total. The highest BCUT2D eigenvalue weighted by atomic mass is 16.2. The zero-order valence-electron chi connectivity index (χ0n) is 10.9. The molecule has 0 spiro atoms. The third-order valence-corrected chi connectivity index (χ3v) is 3.99. The molecule has 1 atom stereocenters. The highest BCUT2D eigenvalue weighted by Gasteiger charge is 2.37. The van der Waals surface area contributed by atoms with Crippen molar-refractivity contribution in [3.8, 4) is 0 Å². The zero-order chi connectivity index (χ0) is 13.2. The smallest absolute Gasteiger partial charge is 0.249 e. The Labute approximate surface area is 113 Å². The fourth-order valence-electron chi connectivity index (χ4n) is 2.99. The van der Waals surface area contributed by atoms with E-state index in [0.717, 1.165) is 31.5 Å². The lowest BCUT2D eigenvalue weighted by atomic mass is 10.0. The van der Waals surface area contributed by atoms with E-state index >= 15 is 0 Å². The molecule has 0 N–H and O–H groups in total. The summed E-state index contributed by atoms with van der Waals surface area (Å²) in [5.41, 5.74) is 0.896. The van der Waals surface area contributed by atoms with E-state index in [0.29, 0.717) is 13.0 Å². The van der Waals surface area contributed by atoms with Crippen molar-refractivity contribution in [3.05, 3.63) is 30.3 Å². The summed E-state index contributed by atoms with van der Waals surface area (Å²) >= 11 is 0. The number of anilines is 1. The van der Waals surface area contributed by atoms with Crippen molar-refractivity contribution in [3.63, 3.8) is 0 Å². The molecular formula is C15H18N2O2. The fraction of sp³-hybridized carbons (Fsp3) is 0.467. The number of hydrogen-bond acceptors (Lipinski definition) is 2. The van der Waals surface area contributed by atoms with Crippen LogP contribution in [0.4, 0.5) is 5.69 Å². The quantitative estimate of drug-likeness (QED) is 0.770. The van der Waals surface area contributed by atoms with Crippen LogP contribution in [0.1, 0.15) is 25.7 Å². The molecule has 2 amide bonds. The largest absolute Gasteiger partial charge is 0.331 e. The second kappa shape index (κ2) is 5.03. The molecule has 1 unspecified atom stereocenters. The first-order valence-corrected chi connectivity index (χ1v) is 6.93. The third kappa shape index (κ3) is 2.23. The standard InChI is InChI=1S/C15H18N2O2/c18-14-9-11-16(12-6-2-1-3-7-12)15(19)13-8-4-5-10-17(13)14/h1-3,6-7,13H,4-5,8-11H2. The van der Waals surface area contributed by atoms with Gasteiger partial charge in [-0.25, -0.2) is 0 Å². The second-order valence-corrected chi connectivity index (χ2v) is 5.17. The Kier molecular flexibility index (Phi) is 3.23. The molecule has 1 aromatic carbocycles. The van der Waals surface area contributed by atoms with Gasteiger partial charge < -0.3 is 9.80 Å². The minimum Gasteiger partial charge on any atom is -0.331 e. The zero-order valence-corrected chi connectivity index (χ0v) is 10.9. The lowest BCUT2D eigenvalue weighted by molar-refractivity contribution is -0.138. The molecule has 4 heteroatoms. The molecule has 2 saturated heterocycles. The topological polar surface area (TPSA) is 40.6 Å². The predicted molar refractivity (Wildman–Crippen MR) is 72.8 cm³/mol. The molecular weight excluding hydrogens is 240 g/mol. The van der Waals surface area contributed by atoms with Gasteiger partial charge in [-0.2, -0.15) is 0 Å². The fourth-order valence-corrected chi connectivity index (χ4v) is 2.99. The van der Waals surface area contributed by atoms with Gasteiger partial charge in [0.2, 0.25) is 11.8 Å². The van der Waals surface area contributed by atoms with Crippen molar-refractivity contribution in [1.29, 1.82) is 0 Å². The maximum absolute atomic E-state index is 12.7. The van der Waals surface area contributed by atoms with E-state index in [1.54, 1.807) is 9.80 Å². The van der Waals surface area contributed by atoms with Gasteiger partial charge in [-0.15, -0.1) is 0 Å². The van der Waals surface area contributed by atoms with Crippen LogP contribution in [-0.2, 0) is 9.59 Å². The van der Waals surface area contributed by atoms with Gasteiger partial charge in [-0.3, -0.25) is 9.59 Å². The van der Waals surface area contributed by atoms with Crippen LogP contribution in [0.3, 0.4) is 0 Å². The Balaban J connectivity index is 1.91. The van der Waals surface area contributed by atoms with Gasteiger partial charge in [0, 0.05) is 25.2 Å². The number of nitrogens with zero attached hydrogens (tertiary/aromatic N) is 2. The minimum absolute atomic E-state index is 0.0803. The van der Waals surface area contributed by atoms with Crippen molar-refractivity contribution in [2.75, 3.05) is 18.0 Å². The highest BCUT2D eigenvalue weighted by molar-refractivity contribution is 6.01. The summed E-state index contributed by atoms with van der Waals surface area (Å²) in [5.74, 6) is 0.202. The third-order valence-electron chi connectivity index (χ3n) is 3.99. The van der Waals surface area contributed by atoms with Gasteiger partial charge in [0.05, 0.1) is 0 Å². The van der Waals surface area contributed by atoms with Crippen molar-refractivity contribution >= 4 is 17.5 Å². The van der Waals surface area contributed by atoms with E-state index in [2.05, 4.69) is 0 Å². The summed E-state index contributed by atoms with van der Waals surface area (Å²) in [6.45, 7) is 1.23. The first-order valence-electron chi connectivity index (χ1n) is 6.93. The number of amides is 2. The Morgan fingerprint density at radius 2 is 1.79 bits per heavy atom. The van der Waals surface area contributed by atoms with Crippen molar-refractivity contribution < 1.29 is 9.59 Å². The number of hydrogen-bond donors (Lipinski definition) is 0. The maximum atomic E-state index is 12.7. The number of fused-ring (bicyclic) bond motifs is 1. The summed E-state index contributed by atoms with van der Waals surface area (Å²) in [4.78, 5) is 28.3. The Morgan fingerprint density at radius 3 is 2.58 bits per heavy atom. The summed E-state index contributed by atoms with van der Waals surface area (Å²) < 4.78 is 0. The monoisotopic (exact) mass is 258 g/mol. The number of para-hydroxylation sites is 1. The van der Waals surface area contributed by atoms with Gasteiger partial charge >= 0.3 is 0 Å². The minimum atomic E-state index is -0.246. The average molecular weight is 258 g/mol. The molecule has 0 aromatic heterocycles.